The summed E-state index contributed by atoms with van der Waals surface area (Å²) in [4.78, 5) is 10.9. The predicted octanol–water partition coefficient (Wildman–Crippen LogP) is 4.05. The number of hydrogen-bond acceptors (Lipinski definition) is 2. The lowest BCUT2D eigenvalue weighted by Crippen LogP contribution is -2.28. The summed E-state index contributed by atoms with van der Waals surface area (Å²) >= 11 is 0. The van der Waals surface area contributed by atoms with Crippen LogP contribution in [0.1, 0.15) is 26.3 Å². The molecule has 0 atom stereocenters. The lowest BCUT2D eigenvalue weighted by molar-refractivity contribution is 0.499. The Bertz CT molecular complexity index is 520. The van der Waals surface area contributed by atoms with Gasteiger partial charge in [-0.15, -0.1) is 0 Å². The molecule has 0 bridgehead atoms. The van der Waals surface area contributed by atoms with Gasteiger partial charge in [0.05, 0.1) is 0 Å². The minimum absolute atomic E-state index is 0.781. The Hall–Kier alpha value is -2.16. The standard InChI is InChI=1S/C17H23N3/c1-6-18-16(14(3)4)17(19-7-2)20(5)13-15-11-9-8-10-12-15/h6-12H,2,13H2,1,3-5H3. The minimum Gasteiger partial charge on any atom is -0.354 e. The van der Waals surface area contributed by atoms with E-state index in [1.54, 1.807) is 12.4 Å². The van der Waals surface area contributed by atoms with Crippen molar-refractivity contribution >= 4 is 12.1 Å². The van der Waals surface area contributed by atoms with Crippen LogP contribution >= 0.6 is 0 Å². The number of allylic oxidation sites excluding steroid dienone is 1. The molecule has 0 aliphatic rings. The van der Waals surface area contributed by atoms with Crippen LogP contribution in [-0.4, -0.2) is 24.0 Å². The number of benzene rings is 1. The molecule has 1 aromatic rings. The summed E-state index contributed by atoms with van der Waals surface area (Å²) in [6.45, 7) is 10.5. The highest BCUT2D eigenvalue weighted by Crippen LogP contribution is 2.13. The normalized spacial score (nSPS) is 11.5. The number of hydrogen-bond donors (Lipinski definition) is 0. The molecule has 3 heteroatoms. The summed E-state index contributed by atoms with van der Waals surface area (Å²) in [6.07, 6.45) is 3.35. The van der Waals surface area contributed by atoms with Gasteiger partial charge in [0.25, 0.3) is 0 Å². The van der Waals surface area contributed by atoms with Gasteiger partial charge in [0.1, 0.15) is 5.70 Å². The number of nitrogens with zero attached hydrogens (tertiary/aromatic N) is 3. The third-order valence-corrected chi connectivity index (χ3v) is 2.78. The molecule has 0 heterocycles. The van der Waals surface area contributed by atoms with Gasteiger partial charge in [-0.1, -0.05) is 36.9 Å². The quantitative estimate of drug-likeness (QED) is 0.585. The van der Waals surface area contributed by atoms with Crippen LogP contribution in [0.25, 0.3) is 0 Å². The first-order valence-corrected chi connectivity index (χ1v) is 6.70. The topological polar surface area (TPSA) is 28.0 Å². The Morgan fingerprint density at radius 2 is 1.90 bits per heavy atom. The highest BCUT2D eigenvalue weighted by molar-refractivity contribution is 5.99. The number of amidine groups is 1. The van der Waals surface area contributed by atoms with Crippen molar-refractivity contribution in [2.45, 2.75) is 27.3 Å². The van der Waals surface area contributed by atoms with Crippen molar-refractivity contribution < 1.29 is 0 Å². The van der Waals surface area contributed by atoms with Crippen molar-refractivity contribution in [3.05, 3.63) is 59.9 Å². The largest absolute Gasteiger partial charge is 0.354 e. The monoisotopic (exact) mass is 269 g/mol. The lowest BCUT2D eigenvalue weighted by atomic mass is 10.2. The van der Waals surface area contributed by atoms with Gasteiger partial charge in [-0.25, -0.2) is 4.99 Å². The zero-order valence-electron chi connectivity index (χ0n) is 12.8. The fourth-order valence-electron chi connectivity index (χ4n) is 1.90. The molecule has 0 saturated carbocycles. The van der Waals surface area contributed by atoms with E-state index in [1.165, 1.54) is 5.56 Å². The van der Waals surface area contributed by atoms with Gasteiger partial charge in [0.15, 0.2) is 5.84 Å². The maximum Gasteiger partial charge on any atom is 0.154 e. The van der Waals surface area contributed by atoms with E-state index in [2.05, 4.69) is 33.6 Å². The smallest absolute Gasteiger partial charge is 0.154 e. The van der Waals surface area contributed by atoms with E-state index < -0.39 is 0 Å². The number of rotatable bonds is 5. The molecule has 20 heavy (non-hydrogen) atoms. The molecule has 0 amide bonds. The Morgan fingerprint density at radius 1 is 1.25 bits per heavy atom. The number of likely N-dealkylation sites (N-methyl/N-ethyl adjacent to an activating group) is 1. The molecule has 106 valence electrons. The van der Waals surface area contributed by atoms with Crippen molar-refractivity contribution in [3.63, 3.8) is 0 Å². The molecule has 0 aliphatic heterocycles. The van der Waals surface area contributed by atoms with Gasteiger partial charge >= 0.3 is 0 Å². The van der Waals surface area contributed by atoms with Crippen molar-refractivity contribution in [1.29, 1.82) is 0 Å². The molecule has 0 saturated heterocycles. The fraction of sp³-hybridized carbons (Fsp3) is 0.294. The molecule has 0 unspecified atom stereocenters. The zero-order valence-corrected chi connectivity index (χ0v) is 12.8. The fourth-order valence-corrected chi connectivity index (χ4v) is 1.90. The molecule has 3 nitrogen and oxygen atoms in total. The molecular weight excluding hydrogens is 246 g/mol. The molecular formula is C17H23N3. The molecule has 0 spiro atoms. The molecule has 1 rings (SSSR count). The van der Waals surface area contributed by atoms with Crippen LogP contribution in [0.2, 0.25) is 0 Å². The van der Waals surface area contributed by atoms with Crippen LogP contribution in [-0.2, 0) is 6.54 Å². The second-order valence-corrected chi connectivity index (χ2v) is 4.71. The lowest BCUT2D eigenvalue weighted by Gasteiger charge is -2.22. The summed E-state index contributed by atoms with van der Waals surface area (Å²) < 4.78 is 0. The average Bonchev–Trinajstić information content (AvgIpc) is 2.43. The Morgan fingerprint density at radius 3 is 2.40 bits per heavy atom. The van der Waals surface area contributed by atoms with E-state index in [4.69, 9.17) is 0 Å². The summed E-state index contributed by atoms with van der Waals surface area (Å²) in [5, 5.41) is 0. The van der Waals surface area contributed by atoms with Gasteiger partial charge in [-0.3, -0.25) is 4.99 Å². The maximum absolute atomic E-state index is 4.44. The molecule has 0 radical (unpaired) electrons. The summed E-state index contributed by atoms with van der Waals surface area (Å²) in [7, 11) is 2.02. The molecule has 0 fully saturated rings. The number of aliphatic imine (C=N–C) groups is 2. The van der Waals surface area contributed by atoms with Crippen molar-refractivity contribution in [2.24, 2.45) is 9.98 Å². The molecule has 1 aromatic carbocycles. The Labute approximate surface area is 122 Å². The van der Waals surface area contributed by atoms with Crippen LogP contribution in [0.15, 0.2) is 64.4 Å². The minimum atomic E-state index is 0.781. The third-order valence-electron chi connectivity index (χ3n) is 2.78. The van der Waals surface area contributed by atoms with Gasteiger partial charge in [0, 0.05) is 26.0 Å². The first-order chi connectivity index (χ1) is 9.60. The second-order valence-electron chi connectivity index (χ2n) is 4.71. The summed E-state index contributed by atoms with van der Waals surface area (Å²) in [6, 6.07) is 10.3. The molecule has 0 aliphatic carbocycles. The van der Waals surface area contributed by atoms with E-state index in [1.807, 2.05) is 46.0 Å². The van der Waals surface area contributed by atoms with Crippen LogP contribution < -0.4 is 0 Å². The Balaban J connectivity index is 3.05. The second kappa shape index (κ2) is 8.10. The first kappa shape index (κ1) is 15.9. The highest BCUT2D eigenvalue weighted by Gasteiger charge is 2.13. The van der Waals surface area contributed by atoms with Crippen LogP contribution in [0.3, 0.4) is 0 Å². The van der Waals surface area contributed by atoms with Gasteiger partial charge in [-0.05, 0) is 31.9 Å². The van der Waals surface area contributed by atoms with Crippen LogP contribution in [0.4, 0.5) is 0 Å². The van der Waals surface area contributed by atoms with Crippen LogP contribution in [0.5, 0.6) is 0 Å². The van der Waals surface area contributed by atoms with Crippen LogP contribution in [0, 0.1) is 0 Å². The molecule has 0 N–H and O–H groups in total. The highest BCUT2D eigenvalue weighted by atomic mass is 15.2. The van der Waals surface area contributed by atoms with Gasteiger partial charge in [-0.2, -0.15) is 0 Å². The third kappa shape index (κ3) is 4.50. The Kier molecular flexibility index (Phi) is 6.44. The average molecular weight is 269 g/mol. The van der Waals surface area contributed by atoms with Crippen molar-refractivity contribution in [1.82, 2.24) is 4.90 Å². The van der Waals surface area contributed by atoms with E-state index >= 15 is 0 Å². The maximum atomic E-state index is 4.44. The van der Waals surface area contributed by atoms with E-state index in [0.29, 0.717) is 0 Å². The first-order valence-electron chi connectivity index (χ1n) is 6.70. The van der Waals surface area contributed by atoms with Crippen molar-refractivity contribution in [3.8, 4) is 0 Å². The molecule has 0 aromatic heterocycles. The van der Waals surface area contributed by atoms with Crippen molar-refractivity contribution in [2.75, 3.05) is 7.05 Å². The summed E-state index contributed by atoms with van der Waals surface area (Å²) in [5.74, 6) is 0.835. The summed E-state index contributed by atoms with van der Waals surface area (Å²) in [5.41, 5.74) is 3.26. The van der Waals surface area contributed by atoms with E-state index in [0.717, 1.165) is 23.7 Å². The zero-order chi connectivity index (χ0) is 15.0. The van der Waals surface area contributed by atoms with E-state index in [-0.39, 0.29) is 0 Å². The van der Waals surface area contributed by atoms with Gasteiger partial charge in [0.2, 0.25) is 0 Å². The van der Waals surface area contributed by atoms with E-state index in [9.17, 15) is 0 Å². The predicted molar refractivity (Wildman–Crippen MR) is 88.1 cm³/mol. The van der Waals surface area contributed by atoms with Gasteiger partial charge < -0.3 is 4.90 Å². The SMILES string of the molecule is C=CN=C(C(N=CC)=C(C)C)N(C)Cc1ccccc1.